The maximum atomic E-state index is 5.50. The highest BCUT2D eigenvalue weighted by Crippen LogP contribution is 1.94. The molecule has 3 nitrogen and oxygen atoms in total. The summed E-state index contributed by atoms with van der Waals surface area (Å²) in [6.07, 6.45) is 1.08. The molecule has 0 fully saturated rings. The average Bonchev–Trinajstić information content (AvgIpc) is 2.03. The van der Waals surface area contributed by atoms with E-state index in [1.54, 1.807) is 7.11 Å². The normalized spacial score (nSPS) is 13.9. The minimum Gasteiger partial charge on any atom is -0.385 e. The standard InChI is InChI=1S/C8H20N2O/c1-8(7-9)10(2)5-4-6-11-3/h8H,4-7,9H2,1-3H3. The number of methoxy groups -OCH3 is 1. The highest BCUT2D eigenvalue weighted by Gasteiger charge is 2.04. The van der Waals surface area contributed by atoms with Crippen LogP contribution in [0, 0.1) is 0 Å². The maximum Gasteiger partial charge on any atom is 0.0474 e. The zero-order valence-electron chi connectivity index (χ0n) is 7.84. The first-order valence-corrected chi connectivity index (χ1v) is 4.11. The van der Waals surface area contributed by atoms with Crippen molar-refractivity contribution in [1.82, 2.24) is 4.90 Å². The molecule has 1 atom stereocenters. The second kappa shape index (κ2) is 6.58. The van der Waals surface area contributed by atoms with E-state index in [1.165, 1.54) is 0 Å². The molecule has 0 radical (unpaired) electrons. The Morgan fingerprint density at radius 2 is 2.18 bits per heavy atom. The van der Waals surface area contributed by atoms with E-state index in [-0.39, 0.29) is 0 Å². The van der Waals surface area contributed by atoms with Crippen molar-refractivity contribution in [1.29, 1.82) is 0 Å². The van der Waals surface area contributed by atoms with Gasteiger partial charge >= 0.3 is 0 Å². The zero-order chi connectivity index (χ0) is 8.69. The molecule has 68 valence electrons. The molecule has 0 heterocycles. The molecule has 0 amide bonds. The van der Waals surface area contributed by atoms with Gasteiger partial charge in [0.15, 0.2) is 0 Å². The van der Waals surface area contributed by atoms with Crippen molar-refractivity contribution in [2.45, 2.75) is 19.4 Å². The summed E-state index contributed by atoms with van der Waals surface area (Å²) in [5.41, 5.74) is 5.50. The summed E-state index contributed by atoms with van der Waals surface area (Å²) in [5, 5.41) is 0. The predicted molar refractivity (Wildman–Crippen MR) is 47.6 cm³/mol. The topological polar surface area (TPSA) is 38.5 Å². The molecule has 1 unspecified atom stereocenters. The van der Waals surface area contributed by atoms with Gasteiger partial charge in [-0.25, -0.2) is 0 Å². The zero-order valence-corrected chi connectivity index (χ0v) is 7.84. The van der Waals surface area contributed by atoms with Crippen molar-refractivity contribution in [3.05, 3.63) is 0 Å². The van der Waals surface area contributed by atoms with Crippen LogP contribution < -0.4 is 5.73 Å². The molecule has 0 bridgehead atoms. The Morgan fingerprint density at radius 3 is 2.64 bits per heavy atom. The van der Waals surface area contributed by atoms with E-state index in [4.69, 9.17) is 10.5 Å². The summed E-state index contributed by atoms with van der Waals surface area (Å²) in [4.78, 5) is 2.25. The Hall–Kier alpha value is -0.120. The van der Waals surface area contributed by atoms with Crippen molar-refractivity contribution in [3.8, 4) is 0 Å². The smallest absolute Gasteiger partial charge is 0.0474 e. The summed E-state index contributed by atoms with van der Waals surface area (Å²) in [6, 6.07) is 0.479. The van der Waals surface area contributed by atoms with Crippen LogP contribution in [0.15, 0.2) is 0 Å². The van der Waals surface area contributed by atoms with E-state index < -0.39 is 0 Å². The first-order valence-electron chi connectivity index (χ1n) is 4.11. The summed E-state index contributed by atoms with van der Waals surface area (Å²) in [7, 11) is 3.82. The van der Waals surface area contributed by atoms with Gasteiger partial charge in [0.25, 0.3) is 0 Å². The van der Waals surface area contributed by atoms with Crippen LogP contribution >= 0.6 is 0 Å². The molecule has 0 saturated heterocycles. The third-order valence-corrected chi connectivity index (χ3v) is 1.95. The van der Waals surface area contributed by atoms with Crippen molar-refractivity contribution in [2.24, 2.45) is 5.73 Å². The molecule has 0 spiro atoms. The lowest BCUT2D eigenvalue weighted by Crippen LogP contribution is -2.36. The van der Waals surface area contributed by atoms with Crippen molar-refractivity contribution < 1.29 is 4.74 Å². The number of nitrogens with two attached hydrogens (primary N) is 1. The Morgan fingerprint density at radius 1 is 1.55 bits per heavy atom. The van der Waals surface area contributed by atoms with Gasteiger partial charge < -0.3 is 15.4 Å². The minimum atomic E-state index is 0.479. The lowest BCUT2D eigenvalue weighted by molar-refractivity contribution is 0.169. The highest BCUT2D eigenvalue weighted by molar-refractivity contribution is 4.62. The summed E-state index contributed by atoms with van der Waals surface area (Å²) in [6.45, 7) is 4.75. The molecule has 0 rings (SSSR count). The molecule has 3 heteroatoms. The van der Waals surface area contributed by atoms with Gasteiger partial charge in [-0.2, -0.15) is 0 Å². The van der Waals surface area contributed by atoms with Gasteiger partial charge in [0.1, 0.15) is 0 Å². The number of hydrogen-bond donors (Lipinski definition) is 1. The van der Waals surface area contributed by atoms with Gasteiger partial charge in [-0.05, 0) is 20.4 Å². The van der Waals surface area contributed by atoms with Crippen LogP contribution in [0.4, 0.5) is 0 Å². The predicted octanol–water partition coefficient (Wildman–Crippen LogP) is 0.302. The highest BCUT2D eigenvalue weighted by atomic mass is 16.5. The SMILES string of the molecule is COCCCN(C)C(C)CN. The fourth-order valence-corrected chi connectivity index (χ4v) is 0.859. The largest absolute Gasteiger partial charge is 0.385 e. The Balaban J connectivity index is 3.28. The van der Waals surface area contributed by atoms with Crippen molar-refractivity contribution in [3.63, 3.8) is 0 Å². The van der Waals surface area contributed by atoms with E-state index in [0.29, 0.717) is 6.04 Å². The van der Waals surface area contributed by atoms with Crippen molar-refractivity contribution >= 4 is 0 Å². The number of rotatable bonds is 6. The molecule has 0 aliphatic carbocycles. The van der Waals surface area contributed by atoms with Gasteiger partial charge in [0.2, 0.25) is 0 Å². The molecular weight excluding hydrogens is 140 g/mol. The molecule has 0 aromatic rings. The lowest BCUT2D eigenvalue weighted by Gasteiger charge is -2.22. The molecular formula is C8H20N2O. The van der Waals surface area contributed by atoms with Crippen LogP contribution in [0.5, 0.6) is 0 Å². The number of likely N-dealkylation sites (N-methyl/N-ethyl adjacent to an activating group) is 1. The monoisotopic (exact) mass is 160 g/mol. The second-order valence-electron chi connectivity index (χ2n) is 2.91. The van der Waals surface area contributed by atoms with E-state index in [1.807, 2.05) is 0 Å². The van der Waals surface area contributed by atoms with Crippen LogP contribution in [0.3, 0.4) is 0 Å². The van der Waals surface area contributed by atoms with Crippen LogP contribution in [0.2, 0.25) is 0 Å². The third kappa shape index (κ3) is 5.18. The Bertz CT molecular complexity index is 88.2. The quantitative estimate of drug-likeness (QED) is 0.568. The van der Waals surface area contributed by atoms with Crippen LogP contribution in [-0.2, 0) is 4.74 Å². The van der Waals surface area contributed by atoms with E-state index in [9.17, 15) is 0 Å². The van der Waals surface area contributed by atoms with Gasteiger partial charge in [-0.3, -0.25) is 0 Å². The first-order chi connectivity index (χ1) is 5.22. The van der Waals surface area contributed by atoms with Crippen LogP contribution in [-0.4, -0.2) is 44.8 Å². The van der Waals surface area contributed by atoms with E-state index in [2.05, 4.69) is 18.9 Å². The van der Waals surface area contributed by atoms with Crippen LogP contribution in [0.25, 0.3) is 0 Å². The van der Waals surface area contributed by atoms with Crippen LogP contribution in [0.1, 0.15) is 13.3 Å². The molecule has 0 aliphatic rings. The molecule has 0 aliphatic heterocycles. The Labute approximate surface area is 69.5 Å². The molecule has 0 saturated carbocycles. The summed E-state index contributed by atoms with van der Waals surface area (Å²) in [5.74, 6) is 0. The van der Waals surface area contributed by atoms with Gasteiger partial charge in [0.05, 0.1) is 0 Å². The van der Waals surface area contributed by atoms with Crippen molar-refractivity contribution in [2.75, 3.05) is 33.9 Å². The molecule has 2 N–H and O–H groups in total. The van der Waals surface area contributed by atoms with Gasteiger partial charge in [0, 0.05) is 32.8 Å². The Kier molecular flexibility index (Phi) is 6.51. The first kappa shape index (κ1) is 10.9. The van der Waals surface area contributed by atoms with Gasteiger partial charge in [-0.1, -0.05) is 0 Å². The number of hydrogen-bond acceptors (Lipinski definition) is 3. The van der Waals surface area contributed by atoms with E-state index >= 15 is 0 Å². The number of nitrogens with zero attached hydrogens (tertiary/aromatic N) is 1. The summed E-state index contributed by atoms with van der Waals surface area (Å²) < 4.78 is 4.95. The third-order valence-electron chi connectivity index (χ3n) is 1.95. The maximum absolute atomic E-state index is 5.50. The summed E-state index contributed by atoms with van der Waals surface area (Å²) >= 11 is 0. The average molecular weight is 160 g/mol. The lowest BCUT2D eigenvalue weighted by atomic mass is 10.3. The second-order valence-corrected chi connectivity index (χ2v) is 2.91. The molecule has 0 aromatic heterocycles. The molecule has 11 heavy (non-hydrogen) atoms. The minimum absolute atomic E-state index is 0.479. The number of ether oxygens (including phenoxy) is 1. The van der Waals surface area contributed by atoms with E-state index in [0.717, 1.165) is 26.1 Å². The fourth-order valence-electron chi connectivity index (χ4n) is 0.859. The van der Waals surface area contributed by atoms with Gasteiger partial charge in [-0.15, -0.1) is 0 Å². The molecule has 0 aromatic carbocycles. The fraction of sp³-hybridized carbons (Fsp3) is 1.00.